The van der Waals surface area contributed by atoms with Crippen LogP contribution in [0.25, 0.3) is 11.2 Å². The molecule has 24 heavy (non-hydrogen) atoms. The van der Waals surface area contributed by atoms with Crippen molar-refractivity contribution in [1.82, 2.24) is 19.5 Å². The van der Waals surface area contributed by atoms with Crippen molar-refractivity contribution in [3.05, 3.63) is 48.3 Å². The van der Waals surface area contributed by atoms with E-state index in [1.54, 1.807) is 24.8 Å². The predicted molar refractivity (Wildman–Crippen MR) is 94.1 cm³/mol. The monoisotopic (exact) mass is 347 g/mol. The first-order valence-electron chi connectivity index (χ1n) is 7.97. The fourth-order valence-corrected chi connectivity index (χ4v) is 3.13. The molecular formula is C17H19ClFN5. The maximum absolute atomic E-state index is 13.9. The molecule has 1 aliphatic rings. The molecule has 3 heterocycles. The van der Waals surface area contributed by atoms with Crippen LogP contribution in [0.2, 0.25) is 0 Å². The lowest BCUT2D eigenvalue weighted by atomic mass is 10.1. The molecule has 0 atom stereocenters. The van der Waals surface area contributed by atoms with Gasteiger partial charge in [-0.15, -0.1) is 12.4 Å². The maximum atomic E-state index is 13.9. The molecule has 0 radical (unpaired) electrons. The Kier molecular flexibility index (Phi) is 4.94. The highest BCUT2D eigenvalue weighted by Crippen LogP contribution is 2.25. The van der Waals surface area contributed by atoms with E-state index in [2.05, 4.69) is 19.9 Å². The molecule has 1 aromatic carbocycles. The highest BCUT2D eigenvalue weighted by Gasteiger charge is 2.18. The summed E-state index contributed by atoms with van der Waals surface area (Å²) in [5, 5.41) is 0. The number of rotatable bonds is 3. The van der Waals surface area contributed by atoms with Gasteiger partial charge in [-0.1, -0.05) is 18.2 Å². The number of imidazole rings is 1. The second-order valence-electron chi connectivity index (χ2n) is 5.88. The summed E-state index contributed by atoms with van der Waals surface area (Å²) >= 11 is 0. The molecule has 7 heteroatoms. The van der Waals surface area contributed by atoms with Gasteiger partial charge in [-0.3, -0.25) is 0 Å². The van der Waals surface area contributed by atoms with Gasteiger partial charge in [0.25, 0.3) is 0 Å². The van der Waals surface area contributed by atoms with E-state index in [1.165, 1.54) is 25.3 Å². The second kappa shape index (κ2) is 7.13. The van der Waals surface area contributed by atoms with Crippen LogP contribution in [0.4, 0.5) is 10.2 Å². The minimum absolute atomic E-state index is 0. The van der Waals surface area contributed by atoms with Crippen molar-refractivity contribution in [1.29, 1.82) is 0 Å². The lowest BCUT2D eigenvalue weighted by molar-refractivity contribution is 0.574. The second-order valence-corrected chi connectivity index (χ2v) is 5.88. The van der Waals surface area contributed by atoms with Gasteiger partial charge in [0.2, 0.25) is 0 Å². The Morgan fingerprint density at radius 2 is 1.79 bits per heavy atom. The molecule has 0 amide bonds. The van der Waals surface area contributed by atoms with Crippen molar-refractivity contribution in [2.24, 2.45) is 0 Å². The summed E-state index contributed by atoms with van der Waals surface area (Å²) in [7, 11) is 0. The SMILES string of the molecule is Cl.Fc1ccccc1Cn1cnc2c(N3CCCCC3)ncnc21. The van der Waals surface area contributed by atoms with E-state index in [9.17, 15) is 4.39 Å². The molecule has 0 bridgehead atoms. The molecule has 1 saturated heterocycles. The molecule has 1 aliphatic heterocycles. The number of hydrogen-bond donors (Lipinski definition) is 0. The average molecular weight is 348 g/mol. The highest BCUT2D eigenvalue weighted by molar-refractivity contribution is 5.85. The van der Waals surface area contributed by atoms with Crippen molar-refractivity contribution in [3.63, 3.8) is 0 Å². The fraction of sp³-hybridized carbons (Fsp3) is 0.353. The Morgan fingerprint density at radius 3 is 2.58 bits per heavy atom. The molecule has 0 spiro atoms. The van der Waals surface area contributed by atoms with E-state index in [4.69, 9.17) is 0 Å². The van der Waals surface area contributed by atoms with Gasteiger partial charge in [-0.2, -0.15) is 0 Å². The standard InChI is InChI=1S/C17H18FN5.ClH/c18-14-7-3-2-6-13(14)10-23-12-21-15-16(19-11-20-17(15)23)22-8-4-1-5-9-22;/h2-3,6-7,11-12H,1,4-5,8-10H2;1H. The number of nitrogens with zero attached hydrogens (tertiary/aromatic N) is 5. The van der Waals surface area contributed by atoms with Crippen LogP contribution in [-0.2, 0) is 6.54 Å². The predicted octanol–water partition coefficient (Wildman–Crippen LogP) is 3.43. The molecule has 0 unspecified atom stereocenters. The highest BCUT2D eigenvalue weighted by atomic mass is 35.5. The van der Waals surface area contributed by atoms with Crippen LogP contribution < -0.4 is 4.90 Å². The van der Waals surface area contributed by atoms with Gasteiger partial charge in [0.1, 0.15) is 12.1 Å². The summed E-state index contributed by atoms with van der Waals surface area (Å²) in [6, 6.07) is 6.80. The summed E-state index contributed by atoms with van der Waals surface area (Å²) in [4.78, 5) is 15.6. The van der Waals surface area contributed by atoms with Gasteiger partial charge in [-0.25, -0.2) is 19.3 Å². The summed E-state index contributed by atoms with van der Waals surface area (Å²) in [6.45, 7) is 2.43. The fourth-order valence-electron chi connectivity index (χ4n) is 3.13. The van der Waals surface area contributed by atoms with Gasteiger partial charge >= 0.3 is 0 Å². The van der Waals surface area contributed by atoms with E-state index < -0.39 is 0 Å². The van der Waals surface area contributed by atoms with Crippen LogP contribution in [-0.4, -0.2) is 32.6 Å². The zero-order chi connectivity index (χ0) is 15.6. The minimum atomic E-state index is -0.209. The van der Waals surface area contributed by atoms with Gasteiger partial charge in [0.15, 0.2) is 17.0 Å². The normalized spacial score (nSPS) is 14.6. The van der Waals surface area contributed by atoms with E-state index >= 15 is 0 Å². The number of aromatic nitrogens is 4. The average Bonchev–Trinajstić information content (AvgIpc) is 3.01. The minimum Gasteiger partial charge on any atom is -0.355 e. The first-order valence-corrected chi connectivity index (χ1v) is 7.97. The lowest BCUT2D eigenvalue weighted by Crippen LogP contribution is -2.30. The van der Waals surface area contributed by atoms with E-state index in [1.807, 2.05) is 10.6 Å². The molecule has 1 fully saturated rings. The van der Waals surface area contributed by atoms with E-state index in [-0.39, 0.29) is 18.2 Å². The zero-order valence-corrected chi connectivity index (χ0v) is 14.0. The number of anilines is 1. The first kappa shape index (κ1) is 16.6. The molecule has 0 saturated carbocycles. The summed E-state index contributed by atoms with van der Waals surface area (Å²) in [5.74, 6) is 0.682. The van der Waals surface area contributed by atoms with E-state index in [0.717, 1.165) is 30.1 Å². The smallest absolute Gasteiger partial charge is 0.165 e. The quantitative estimate of drug-likeness (QED) is 0.728. The van der Waals surface area contributed by atoms with Crippen molar-refractivity contribution in [2.45, 2.75) is 25.8 Å². The van der Waals surface area contributed by atoms with Crippen LogP contribution in [0.3, 0.4) is 0 Å². The molecule has 2 aromatic heterocycles. The summed E-state index contributed by atoms with van der Waals surface area (Å²) in [6.07, 6.45) is 6.93. The van der Waals surface area contributed by atoms with E-state index in [0.29, 0.717) is 12.1 Å². The first-order chi connectivity index (χ1) is 11.3. The lowest BCUT2D eigenvalue weighted by Gasteiger charge is -2.27. The van der Waals surface area contributed by atoms with Crippen LogP contribution >= 0.6 is 12.4 Å². The van der Waals surface area contributed by atoms with Gasteiger partial charge in [0, 0.05) is 18.7 Å². The molecule has 0 aliphatic carbocycles. The van der Waals surface area contributed by atoms with Crippen LogP contribution in [0, 0.1) is 5.82 Å². The van der Waals surface area contributed by atoms with Crippen molar-refractivity contribution >= 4 is 29.4 Å². The molecule has 5 nitrogen and oxygen atoms in total. The molecular weight excluding hydrogens is 329 g/mol. The Labute approximate surface area is 146 Å². The number of halogens is 2. The molecule has 4 rings (SSSR count). The van der Waals surface area contributed by atoms with Crippen LogP contribution in [0.1, 0.15) is 24.8 Å². The molecule has 0 N–H and O–H groups in total. The van der Waals surface area contributed by atoms with Gasteiger partial charge in [-0.05, 0) is 25.3 Å². The van der Waals surface area contributed by atoms with Crippen molar-refractivity contribution in [3.8, 4) is 0 Å². The topological polar surface area (TPSA) is 46.8 Å². The Bertz CT molecular complexity index is 829. The van der Waals surface area contributed by atoms with Gasteiger partial charge in [0.05, 0.1) is 12.9 Å². The van der Waals surface area contributed by atoms with Crippen LogP contribution in [0.15, 0.2) is 36.9 Å². The zero-order valence-electron chi connectivity index (χ0n) is 13.2. The molecule has 126 valence electrons. The molecule has 3 aromatic rings. The third kappa shape index (κ3) is 3.06. The van der Waals surface area contributed by atoms with Crippen molar-refractivity contribution < 1.29 is 4.39 Å². The van der Waals surface area contributed by atoms with Gasteiger partial charge < -0.3 is 9.47 Å². The third-order valence-electron chi connectivity index (χ3n) is 4.34. The number of hydrogen-bond acceptors (Lipinski definition) is 4. The third-order valence-corrected chi connectivity index (χ3v) is 4.34. The Balaban J connectivity index is 0.00000169. The maximum Gasteiger partial charge on any atom is 0.165 e. The number of piperidine rings is 1. The summed E-state index contributed by atoms with van der Waals surface area (Å²) in [5.41, 5.74) is 2.18. The van der Waals surface area contributed by atoms with Crippen molar-refractivity contribution in [2.75, 3.05) is 18.0 Å². The summed E-state index contributed by atoms with van der Waals surface area (Å²) < 4.78 is 15.8. The Morgan fingerprint density at radius 1 is 1.00 bits per heavy atom. The van der Waals surface area contributed by atoms with Crippen LogP contribution in [0.5, 0.6) is 0 Å². The number of fused-ring (bicyclic) bond motifs is 1. The largest absolute Gasteiger partial charge is 0.355 e. The number of benzene rings is 1. The Hall–Kier alpha value is -2.21.